The second-order valence-electron chi connectivity index (χ2n) is 4.74. The number of hydrogen-bond donors (Lipinski definition) is 0. The summed E-state index contributed by atoms with van der Waals surface area (Å²) in [6, 6.07) is 3.73. The Bertz CT molecular complexity index is 511. The minimum absolute atomic E-state index is 0.296. The summed E-state index contributed by atoms with van der Waals surface area (Å²) in [6.07, 6.45) is 1.05. The first-order chi connectivity index (χ1) is 9.54. The predicted octanol–water partition coefficient (Wildman–Crippen LogP) is 2.40. The molecule has 0 saturated carbocycles. The van der Waals surface area contributed by atoms with Crippen molar-refractivity contribution in [2.45, 2.75) is 32.5 Å². The van der Waals surface area contributed by atoms with Crippen molar-refractivity contribution in [1.29, 1.82) is 0 Å². The van der Waals surface area contributed by atoms with Crippen LogP contribution in [0.2, 0.25) is 0 Å². The van der Waals surface area contributed by atoms with Crippen LogP contribution in [0.4, 0.5) is 0 Å². The molecular formula is C15H20O5. The highest BCUT2D eigenvalue weighted by molar-refractivity contribution is 5.69. The molecule has 0 aliphatic carbocycles. The van der Waals surface area contributed by atoms with Gasteiger partial charge in [0, 0.05) is 18.9 Å². The second-order valence-corrected chi connectivity index (χ2v) is 4.74. The largest absolute Gasteiger partial charge is 0.493 e. The number of rotatable bonds is 4. The van der Waals surface area contributed by atoms with E-state index in [0.717, 1.165) is 17.5 Å². The van der Waals surface area contributed by atoms with Crippen molar-refractivity contribution in [1.82, 2.24) is 0 Å². The highest BCUT2D eigenvalue weighted by atomic mass is 16.7. The molecule has 0 saturated heterocycles. The van der Waals surface area contributed by atoms with Gasteiger partial charge >= 0.3 is 5.97 Å². The standard InChI is InChI=1S/C15H20O5/c1-5-14(16)20-15(2)11-9-13(18-4)12(17-3)8-10(11)6-7-19-15/h8-9H,5-7H2,1-4H3. The Balaban J connectivity index is 2.46. The van der Waals surface area contributed by atoms with Crippen molar-refractivity contribution in [2.24, 2.45) is 0 Å². The molecule has 1 aliphatic heterocycles. The summed E-state index contributed by atoms with van der Waals surface area (Å²) in [5, 5.41) is 0. The molecular weight excluding hydrogens is 260 g/mol. The number of benzene rings is 1. The smallest absolute Gasteiger partial charge is 0.308 e. The van der Waals surface area contributed by atoms with E-state index in [9.17, 15) is 4.79 Å². The van der Waals surface area contributed by atoms with E-state index in [2.05, 4.69) is 0 Å². The van der Waals surface area contributed by atoms with Gasteiger partial charge in [-0.25, -0.2) is 0 Å². The normalized spacial score (nSPS) is 21.0. The monoisotopic (exact) mass is 280 g/mol. The zero-order chi connectivity index (χ0) is 14.8. The van der Waals surface area contributed by atoms with Crippen molar-refractivity contribution < 1.29 is 23.7 Å². The molecule has 0 radical (unpaired) electrons. The van der Waals surface area contributed by atoms with E-state index in [-0.39, 0.29) is 5.97 Å². The Labute approximate surface area is 118 Å². The van der Waals surface area contributed by atoms with E-state index in [0.29, 0.717) is 24.5 Å². The Morgan fingerprint density at radius 2 is 1.95 bits per heavy atom. The number of hydrogen-bond acceptors (Lipinski definition) is 5. The molecule has 0 spiro atoms. The van der Waals surface area contributed by atoms with E-state index < -0.39 is 5.79 Å². The third-order valence-electron chi connectivity index (χ3n) is 3.44. The van der Waals surface area contributed by atoms with E-state index in [1.165, 1.54) is 0 Å². The fourth-order valence-corrected chi connectivity index (χ4v) is 2.36. The molecule has 0 bridgehead atoms. The summed E-state index contributed by atoms with van der Waals surface area (Å²) in [4.78, 5) is 11.6. The Hall–Kier alpha value is -1.75. The Morgan fingerprint density at radius 1 is 1.30 bits per heavy atom. The van der Waals surface area contributed by atoms with Gasteiger partial charge in [-0.3, -0.25) is 4.79 Å². The lowest BCUT2D eigenvalue weighted by Gasteiger charge is -2.35. The molecule has 5 heteroatoms. The van der Waals surface area contributed by atoms with Gasteiger partial charge in [0.15, 0.2) is 11.5 Å². The van der Waals surface area contributed by atoms with Gasteiger partial charge in [-0.1, -0.05) is 6.92 Å². The lowest BCUT2D eigenvalue weighted by molar-refractivity contribution is -0.234. The zero-order valence-corrected chi connectivity index (χ0v) is 12.3. The molecule has 1 unspecified atom stereocenters. The maximum absolute atomic E-state index is 11.6. The van der Waals surface area contributed by atoms with Crippen LogP contribution in [0, 0.1) is 0 Å². The first kappa shape index (κ1) is 14.7. The molecule has 1 atom stereocenters. The summed E-state index contributed by atoms with van der Waals surface area (Å²) < 4.78 is 21.8. The topological polar surface area (TPSA) is 54.0 Å². The summed E-state index contributed by atoms with van der Waals surface area (Å²) in [5.41, 5.74) is 1.85. The Kier molecular flexibility index (Phi) is 4.18. The van der Waals surface area contributed by atoms with Crippen LogP contribution in [0.15, 0.2) is 12.1 Å². The molecule has 1 heterocycles. The van der Waals surface area contributed by atoms with Gasteiger partial charge in [0.25, 0.3) is 0 Å². The van der Waals surface area contributed by atoms with Crippen molar-refractivity contribution in [2.75, 3.05) is 20.8 Å². The molecule has 0 aromatic heterocycles. The molecule has 5 nitrogen and oxygen atoms in total. The molecule has 1 aliphatic rings. The number of carbonyl (C=O) groups excluding carboxylic acids is 1. The lowest BCUT2D eigenvalue weighted by Crippen LogP contribution is -2.37. The summed E-state index contributed by atoms with van der Waals surface area (Å²) in [5.74, 6) is -0.108. The average molecular weight is 280 g/mol. The van der Waals surface area contributed by atoms with Crippen molar-refractivity contribution in [3.05, 3.63) is 23.3 Å². The van der Waals surface area contributed by atoms with Crippen LogP contribution in [0.5, 0.6) is 11.5 Å². The average Bonchev–Trinajstić information content (AvgIpc) is 2.46. The zero-order valence-electron chi connectivity index (χ0n) is 12.3. The highest BCUT2D eigenvalue weighted by Crippen LogP contribution is 2.40. The summed E-state index contributed by atoms with van der Waals surface area (Å²) in [7, 11) is 3.17. The number of fused-ring (bicyclic) bond motifs is 1. The quantitative estimate of drug-likeness (QED) is 0.793. The summed E-state index contributed by atoms with van der Waals surface area (Å²) in [6.45, 7) is 4.00. The van der Waals surface area contributed by atoms with Gasteiger partial charge in [0.2, 0.25) is 5.79 Å². The first-order valence-electron chi connectivity index (χ1n) is 6.65. The van der Waals surface area contributed by atoms with Gasteiger partial charge in [0.1, 0.15) is 0 Å². The minimum Gasteiger partial charge on any atom is -0.493 e. The highest BCUT2D eigenvalue weighted by Gasteiger charge is 2.38. The van der Waals surface area contributed by atoms with E-state index >= 15 is 0 Å². The molecule has 110 valence electrons. The third kappa shape index (κ3) is 2.58. The fourth-order valence-electron chi connectivity index (χ4n) is 2.36. The number of ether oxygens (including phenoxy) is 4. The molecule has 0 N–H and O–H groups in total. The molecule has 0 amide bonds. The van der Waals surface area contributed by atoms with Crippen molar-refractivity contribution >= 4 is 5.97 Å². The second kappa shape index (κ2) is 5.71. The van der Waals surface area contributed by atoms with Gasteiger partial charge < -0.3 is 18.9 Å². The SMILES string of the molecule is CCC(=O)OC1(C)OCCc2cc(OC)c(OC)cc21. The minimum atomic E-state index is -1.07. The van der Waals surface area contributed by atoms with Crippen LogP contribution < -0.4 is 9.47 Å². The van der Waals surface area contributed by atoms with E-state index in [4.69, 9.17) is 18.9 Å². The predicted molar refractivity (Wildman–Crippen MR) is 72.9 cm³/mol. The molecule has 1 aromatic rings. The van der Waals surface area contributed by atoms with Gasteiger partial charge in [-0.05, 0) is 24.1 Å². The van der Waals surface area contributed by atoms with Crippen LogP contribution >= 0.6 is 0 Å². The van der Waals surface area contributed by atoms with Crippen molar-refractivity contribution in [3.8, 4) is 11.5 Å². The van der Waals surface area contributed by atoms with Crippen LogP contribution in [0.1, 0.15) is 31.4 Å². The van der Waals surface area contributed by atoms with E-state index in [1.807, 2.05) is 12.1 Å². The maximum atomic E-state index is 11.6. The van der Waals surface area contributed by atoms with Gasteiger partial charge in [-0.15, -0.1) is 0 Å². The molecule has 2 rings (SSSR count). The first-order valence-corrected chi connectivity index (χ1v) is 6.65. The van der Waals surface area contributed by atoms with Crippen LogP contribution in [0.25, 0.3) is 0 Å². The fraction of sp³-hybridized carbons (Fsp3) is 0.533. The van der Waals surface area contributed by atoms with Crippen LogP contribution in [-0.4, -0.2) is 26.8 Å². The van der Waals surface area contributed by atoms with Crippen LogP contribution in [-0.2, 0) is 26.5 Å². The lowest BCUT2D eigenvalue weighted by atomic mass is 9.95. The van der Waals surface area contributed by atoms with Crippen molar-refractivity contribution in [3.63, 3.8) is 0 Å². The number of methoxy groups -OCH3 is 2. The van der Waals surface area contributed by atoms with Gasteiger partial charge in [0.05, 0.1) is 20.8 Å². The number of esters is 1. The van der Waals surface area contributed by atoms with Gasteiger partial charge in [-0.2, -0.15) is 0 Å². The summed E-state index contributed by atoms with van der Waals surface area (Å²) >= 11 is 0. The van der Waals surface area contributed by atoms with Crippen LogP contribution in [0.3, 0.4) is 0 Å². The number of carbonyl (C=O) groups is 1. The molecule has 0 fully saturated rings. The Morgan fingerprint density at radius 3 is 2.55 bits per heavy atom. The molecule has 1 aromatic carbocycles. The molecule has 20 heavy (non-hydrogen) atoms. The third-order valence-corrected chi connectivity index (χ3v) is 3.44. The van der Waals surface area contributed by atoms with E-state index in [1.54, 1.807) is 28.1 Å². The maximum Gasteiger partial charge on any atom is 0.308 e.